The van der Waals surface area contributed by atoms with Gasteiger partial charge in [0.05, 0.1) is 16.6 Å². The van der Waals surface area contributed by atoms with Crippen LogP contribution in [0.2, 0.25) is 10.0 Å². The highest BCUT2D eigenvalue weighted by atomic mass is 35.5. The second-order valence-electron chi connectivity index (χ2n) is 4.77. The summed E-state index contributed by atoms with van der Waals surface area (Å²) in [6.07, 6.45) is 0. The Kier molecular flexibility index (Phi) is 6.13. The van der Waals surface area contributed by atoms with Gasteiger partial charge in [0.15, 0.2) is 5.78 Å². The zero-order chi connectivity index (χ0) is 13.7. The van der Waals surface area contributed by atoms with Crippen LogP contribution in [0.3, 0.4) is 0 Å². The summed E-state index contributed by atoms with van der Waals surface area (Å²) in [5.74, 6) is 0.627. The molecule has 0 saturated heterocycles. The Labute approximate surface area is 119 Å². The minimum absolute atomic E-state index is 0.0797. The second-order valence-corrected chi connectivity index (χ2v) is 5.59. The fraction of sp³-hybridized carbons (Fsp3) is 0.500. The standard InChI is InChI=1S/C14H19Cl2NO/c1-4-17(8-10(2)3)9-14(18)11-5-6-12(15)13(16)7-11/h5-7,10H,4,8-9H2,1-3H3. The van der Waals surface area contributed by atoms with Crippen LogP contribution >= 0.6 is 23.2 Å². The van der Waals surface area contributed by atoms with Crippen LogP contribution in [0.15, 0.2) is 18.2 Å². The average molecular weight is 288 g/mol. The lowest BCUT2D eigenvalue weighted by Gasteiger charge is -2.21. The fourth-order valence-corrected chi connectivity index (χ4v) is 2.08. The van der Waals surface area contributed by atoms with Crippen LogP contribution in [0.25, 0.3) is 0 Å². The first-order valence-electron chi connectivity index (χ1n) is 6.14. The molecule has 0 heterocycles. The van der Waals surface area contributed by atoms with E-state index >= 15 is 0 Å². The largest absolute Gasteiger partial charge is 0.296 e. The molecule has 0 N–H and O–H groups in total. The van der Waals surface area contributed by atoms with Gasteiger partial charge in [0.2, 0.25) is 0 Å². The fourth-order valence-electron chi connectivity index (χ4n) is 1.79. The number of carbonyl (C=O) groups is 1. The third-order valence-corrected chi connectivity index (χ3v) is 3.42. The molecule has 0 spiro atoms. The Balaban J connectivity index is 2.71. The molecule has 0 aliphatic carbocycles. The van der Waals surface area contributed by atoms with Gasteiger partial charge in [0, 0.05) is 12.1 Å². The van der Waals surface area contributed by atoms with Crippen LogP contribution < -0.4 is 0 Å². The number of likely N-dealkylation sites (N-methyl/N-ethyl adjacent to an activating group) is 1. The van der Waals surface area contributed by atoms with Crippen LogP contribution in [0.4, 0.5) is 0 Å². The first kappa shape index (κ1) is 15.5. The monoisotopic (exact) mass is 287 g/mol. The van der Waals surface area contributed by atoms with Crippen LogP contribution in [0.5, 0.6) is 0 Å². The Morgan fingerprint density at radius 3 is 2.44 bits per heavy atom. The minimum Gasteiger partial charge on any atom is -0.296 e. The van der Waals surface area contributed by atoms with Gasteiger partial charge < -0.3 is 0 Å². The summed E-state index contributed by atoms with van der Waals surface area (Å²) >= 11 is 11.7. The van der Waals surface area contributed by atoms with E-state index in [0.29, 0.717) is 28.1 Å². The average Bonchev–Trinajstić information content (AvgIpc) is 2.31. The molecule has 0 bridgehead atoms. The van der Waals surface area contributed by atoms with E-state index in [2.05, 4.69) is 25.7 Å². The van der Waals surface area contributed by atoms with Crippen molar-refractivity contribution < 1.29 is 4.79 Å². The van der Waals surface area contributed by atoms with E-state index in [1.807, 2.05) is 0 Å². The molecule has 0 aliphatic heterocycles. The molecule has 0 unspecified atom stereocenters. The van der Waals surface area contributed by atoms with Gasteiger partial charge in [0.1, 0.15) is 0 Å². The minimum atomic E-state index is 0.0797. The van der Waals surface area contributed by atoms with Crippen molar-refractivity contribution in [3.63, 3.8) is 0 Å². The molecule has 0 amide bonds. The lowest BCUT2D eigenvalue weighted by Crippen LogP contribution is -2.32. The molecule has 0 saturated carbocycles. The van der Waals surface area contributed by atoms with Gasteiger partial charge >= 0.3 is 0 Å². The Morgan fingerprint density at radius 1 is 1.28 bits per heavy atom. The van der Waals surface area contributed by atoms with Crippen LogP contribution in [-0.2, 0) is 0 Å². The number of ketones is 1. The van der Waals surface area contributed by atoms with E-state index < -0.39 is 0 Å². The molecule has 100 valence electrons. The van der Waals surface area contributed by atoms with Gasteiger partial charge in [-0.15, -0.1) is 0 Å². The van der Waals surface area contributed by atoms with Crippen molar-refractivity contribution in [2.24, 2.45) is 5.92 Å². The highest BCUT2D eigenvalue weighted by Crippen LogP contribution is 2.22. The highest BCUT2D eigenvalue weighted by molar-refractivity contribution is 6.42. The maximum absolute atomic E-state index is 12.1. The lowest BCUT2D eigenvalue weighted by atomic mass is 10.1. The summed E-state index contributed by atoms with van der Waals surface area (Å²) in [5.41, 5.74) is 0.617. The zero-order valence-electron chi connectivity index (χ0n) is 11.0. The molecule has 2 nitrogen and oxygen atoms in total. The van der Waals surface area contributed by atoms with Gasteiger partial charge in [-0.1, -0.05) is 44.0 Å². The molecule has 0 radical (unpaired) electrons. The molecule has 4 heteroatoms. The quantitative estimate of drug-likeness (QED) is 0.733. The molecule has 1 rings (SSSR count). The Hall–Kier alpha value is -0.570. The van der Waals surface area contributed by atoms with E-state index in [9.17, 15) is 4.79 Å². The number of hydrogen-bond acceptors (Lipinski definition) is 2. The smallest absolute Gasteiger partial charge is 0.176 e. The SMILES string of the molecule is CCN(CC(=O)c1ccc(Cl)c(Cl)c1)CC(C)C. The van der Waals surface area contributed by atoms with E-state index in [1.54, 1.807) is 18.2 Å². The number of halogens is 2. The maximum Gasteiger partial charge on any atom is 0.176 e. The molecule has 0 aliphatic rings. The molecular formula is C14H19Cl2NO. The number of hydrogen-bond donors (Lipinski definition) is 0. The normalized spacial score (nSPS) is 11.3. The van der Waals surface area contributed by atoms with Gasteiger partial charge in [-0.2, -0.15) is 0 Å². The molecule has 18 heavy (non-hydrogen) atoms. The van der Waals surface area contributed by atoms with Gasteiger partial charge in [-0.3, -0.25) is 9.69 Å². The summed E-state index contributed by atoms with van der Waals surface area (Å²) in [4.78, 5) is 14.3. The zero-order valence-corrected chi connectivity index (χ0v) is 12.6. The van der Waals surface area contributed by atoms with Crippen molar-refractivity contribution in [1.82, 2.24) is 4.90 Å². The predicted octanol–water partition coefficient (Wildman–Crippen LogP) is 4.15. The van der Waals surface area contributed by atoms with E-state index in [1.165, 1.54) is 0 Å². The number of nitrogens with zero attached hydrogens (tertiary/aromatic N) is 1. The number of Topliss-reactive ketones (excluding diaryl/α,β-unsaturated/α-hetero) is 1. The van der Waals surface area contributed by atoms with Gasteiger partial charge in [-0.25, -0.2) is 0 Å². The summed E-state index contributed by atoms with van der Waals surface area (Å²) in [5, 5.41) is 0.900. The predicted molar refractivity (Wildman–Crippen MR) is 77.7 cm³/mol. The summed E-state index contributed by atoms with van der Waals surface area (Å²) in [6.45, 7) is 8.56. The van der Waals surface area contributed by atoms with E-state index in [0.717, 1.165) is 13.1 Å². The summed E-state index contributed by atoms with van der Waals surface area (Å²) < 4.78 is 0. The summed E-state index contributed by atoms with van der Waals surface area (Å²) in [6, 6.07) is 5.02. The lowest BCUT2D eigenvalue weighted by molar-refractivity contribution is 0.0926. The Morgan fingerprint density at radius 2 is 1.94 bits per heavy atom. The van der Waals surface area contributed by atoms with Crippen molar-refractivity contribution in [3.05, 3.63) is 33.8 Å². The van der Waals surface area contributed by atoms with Crippen LogP contribution in [0, 0.1) is 5.92 Å². The summed E-state index contributed by atoms with van der Waals surface area (Å²) in [7, 11) is 0. The molecular weight excluding hydrogens is 269 g/mol. The number of rotatable bonds is 6. The maximum atomic E-state index is 12.1. The molecule has 0 atom stereocenters. The molecule has 1 aromatic carbocycles. The van der Waals surface area contributed by atoms with Crippen LogP contribution in [-0.4, -0.2) is 30.3 Å². The topological polar surface area (TPSA) is 20.3 Å². The Bertz CT molecular complexity index is 418. The van der Waals surface area contributed by atoms with E-state index in [-0.39, 0.29) is 5.78 Å². The van der Waals surface area contributed by atoms with Crippen molar-refractivity contribution in [2.45, 2.75) is 20.8 Å². The van der Waals surface area contributed by atoms with Gasteiger partial charge in [0.25, 0.3) is 0 Å². The van der Waals surface area contributed by atoms with Crippen LogP contribution in [0.1, 0.15) is 31.1 Å². The van der Waals surface area contributed by atoms with Crippen molar-refractivity contribution in [3.8, 4) is 0 Å². The van der Waals surface area contributed by atoms with E-state index in [4.69, 9.17) is 23.2 Å². The highest BCUT2D eigenvalue weighted by Gasteiger charge is 2.13. The van der Waals surface area contributed by atoms with Crippen molar-refractivity contribution in [1.29, 1.82) is 0 Å². The molecule has 0 fully saturated rings. The third-order valence-electron chi connectivity index (χ3n) is 2.68. The second kappa shape index (κ2) is 7.13. The van der Waals surface area contributed by atoms with Gasteiger partial charge in [-0.05, 0) is 30.7 Å². The molecule has 0 aromatic heterocycles. The number of carbonyl (C=O) groups excluding carboxylic acids is 1. The number of benzene rings is 1. The first-order chi connectivity index (χ1) is 8.43. The van der Waals surface area contributed by atoms with Crippen molar-refractivity contribution >= 4 is 29.0 Å². The third kappa shape index (κ3) is 4.60. The first-order valence-corrected chi connectivity index (χ1v) is 6.90. The molecule has 1 aromatic rings. The van der Waals surface area contributed by atoms with Crippen molar-refractivity contribution in [2.75, 3.05) is 19.6 Å².